The zero-order chi connectivity index (χ0) is 27.3. The Balaban J connectivity index is 1.74. The summed E-state index contributed by atoms with van der Waals surface area (Å²) in [4.78, 5) is 64.4. The summed E-state index contributed by atoms with van der Waals surface area (Å²) in [6.07, 6.45) is -0.526. The predicted molar refractivity (Wildman–Crippen MR) is 123 cm³/mol. The van der Waals surface area contributed by atoms with Crippen molar-refractivity contribution >= 4 is 40.7 Å². The minimum absolute atomic E-state index is 0.0207. The first-order valence-electron chi connectivity index (χ1n) is 10.5. The lowest BCUT2D eigenvalue weighted by molar-refractivity contribution is -0.138. The SMILES string of the molecule is CCC(=O)c1cncnc1C(=O)NC(C)c1ncc(C(=O)Nc2cc(C(F)(F)F)c(C(=O)OC)cn2)s1. The summed E-state index contributed by atoms with van der Waals surface area (Å²) >= 11 is 0.880. The molecule has 0 aliphatic carbocycles. The van der Waals surface area contributed by atoms with E-state index in [0.29, 0.717) is 17.3 Å². The van der Waals surface area contributed by atoms with Crippen molar-refractivity contribution in [3.05, 3.63) is 63.3 Å². The molecule has 0 bridgehead atoms. The number of hydrogen-bond acceptors (Lipinski definition) is 10. The molecule has 3 aromatic rings. The molecule has 1 atom stereocenters. The van der Waals surface area contributed by atoms with E-state index in [1.54, 1.807) is 13.8 Å². The molecule has 0 radical (unpaired) electrons. The molecule has 37 heavy (non-hydrogen) atoms. The van der Waals surface area contributed by atoms with Crippen molar-refractivity contribution in [1.29, 1.82) is 0 Å². The molecule has 3 rings (SSSR count). The summed E-state index contributed by atoms with van der Waals surface area (Å²) in [6.45, 7) is 3.22. The highest BCUT2D eigenvalue weighted by molar-refractivity contribution is 7.13. The normalized spacial score (nSPS) is 11.9. The number of ketones is 1. The third-order valence-electron chi connectivity index (χ3n) is 4.87. The average Bonchev–Trinajstić information content (AvgIpc) is 3.38. The van der Waals surface area contributed by atoms with Crippen LogP contribution in [0.1, 0.15) is 77.8 Å². The molecule has 194 valence electrons. The van der Waals surface area contributed by atoms with E-state index in [9.17, 15) is 32.3 Å². The van der Waals surface area contributed by atoms with Crippen LogP contribution in [0.4, 0.5) is 19.0 Å². The van der Waals surface area contributed by atoms with Gasteiger partial charge >= 0.3 is 12.1 Å². The molecule has 3 aromatic heterocycles. The summed E-state index contributed by atoms with van der Waals surface area (Å²) in [5.74, 6) is -3.44. The number of halogens is 3. The molecule has 0 aromatic carbocycles. The third kappa shape index (κ3) is 6.30. The highest BCUT2D eigenvalue weighted by Crippen LogP contribution is 2.33. The van der Waals surface area contributed by atoms with Crippen LogP contribution in [0.15, 0.2) is 31.0 Å². The molecule has 11 nitrogen and oxygen atoms in total. The lowest BCUT2D eigenvalue weighted by Gasteiger charge is -2.13. The minimum atomic E-state index is -4.90. The molecule has 0 spiro atoms. The van der Waals surface area contributed by atoms with Gasteiger partial charge in [0.25, 0.3) is 11.8 Å². The van der Waals surface area contributed by atoms with Crippen LogP contribution in [0.2, 0.25) is 0 Å². The predicted octanol–water partition coefficient (Wildman–Crippen LogP) is 3.47. The minimum Gasteiger partial charge on any atom is -0.465 e. The second-order valence-electron chi connectivity index (χ2n) is 7.38. The van der Waals surface area contributed by atoms with Gasteiger partial charge in [-0.3, -0.25) is 14.4 Å². The Morgan fingerprint density at radius 3 is 2.43 bits per heavy atom. The number of thiazole rings is 1. The number of amides is 2. The van der Waals surface area contributed by atoms with E-state index in [-0.39, 0.29) is 28.3 Å². The maximum atomic E-state index is 13.4. The topological polar surface area (TPSA) is 153 Å². The number of carbonyl (C=O) groups excluding carboxylic acids is 4. The molecular weight excluding hydrogens is 517 g/mol. The Labute approximate surface area is 211 Å². The third-order valence-corrected chi connectivity index (χ3v) is 6.05. The number of hydrogen-bond donors (Lipinski definition) is 2. The van der Waals surface area contributed by atoms with Gasteiger partial charge in [-0.25, -0.2) is 24.7 Å². The first-order valence-corrected chi connectivity index (χ1v) is 11.3. The molecular formula is C22H19F3N6O5S. The van der Waals surface area contributed by atoms with Gasteiger partial charge in [-0.2, -0.15) is 13.2 Å². The first kappa shape index (κ1) is 27.3. The van der Waals surface area contributed by atoms with Crippen LogP contribution >= 0.6 is 11.3 Å². The molecule has 2 N–H and O–H groups in total. The van der Waals surface area contributed by atoms with Gasteiger partial charge in [0.15, 0.2) is 5.78 Å². The number of carbonyl (C=O) groups is 4. The van der Waals surface area contributed by atoms with Crippen molar-refractivity contribution in [2.45, 2.75) is 32.5 Å². The van der Waals surface area contributed by atoms with Crippen molar-refractivity contribution < 1.29 is 37.1 Å². The number of rotatable bonds is 8. The van der Waals surface area contributed by atoms with Crippen LogP contribution in [-0.2, 0) is 10.9 Å². The smallest absolute Gasteiger partial charge is 0.417 e. The number of Topliss-reactive ketones (excluding diaryl/α,β-unsaturated/α-hetero) is 1. The van der Waals surface area contributed by atoms with Gasteiger partial charge in [0.05, 0.1) is 36.0 Å². The second-order valence-corrected chi connectivity index (χ2v) is 8.44. The van der Waals surface area contributed by atoms with E-state index in [1.807, 2.05) is 0 Å². The van der Waals surface area contributed by atoms with E-state index in [4.69, 9.17) is 0 Å². The van der Waals surface area contributed by atoms with Crippen molar-refractivity contribution in [1.82, 2.24) is 25.3 Å². The van der Waals surface area contributed by atoms with Crippen molar-refractivity contribution in [3.63, 3.8) is 0 Å². The Morgan fingerprint density at radius 2 is 1.78 bits per heavy atom. The molecule has 0 saturated heterocycles. The van der Waals surface area contributed by atoms with Gasteiger partial charge in [-0.05, 0) is 13.0 Å². The van der Waals surface area contributed by atoms with Crippen molar-refractivity contribution in [2.75, 3.05) is 12.4 Å². The van der Waals surface area contributed by atoms with Crippen molar-refractivity contribution in [2.24, 2.45) is 0 Å². The van der Waals surface area contributed by atoms with E-state index in [1.165, 1.54) is 12.4 Å². The maximum absolute atomic E-state index is 13.4. The van der Waals surface area contributed by atoms with E-state index in [0.717, 1.165) is 24.8 Å². The largest absolute Gasteiger partial charge is 0.465 e. The monoisotopic (exact) mass is 536 g/mol. The van der Waals surface area contributed by atoms with E-state index >= 15 is 0 Å². The second kappa shape index (κ2) is 11.2. The van der Waals surface area contributed by atoms with Gasteiger partial charge in [0, 0.05) is 18.8 Å². The zero-order valence-electron chi connectivity index (χ0n) is 19.5. The first-order chi connectivity index (χ1) is 17.5. The molecule has 0 saturated carbocycles. The maximum Gasteiger partial charge on any atom is 0.417 e. The van der Waals surface area contributed by atoms with Gasteiger partial charge in [0.2, 0.25) is 0 Å². The van der Waals surface area contributed by atoms with Gasteiger partial charge in [0.1, 0.15) is 27.7 Å². The molecule has 0 fully saturated rings. The average molecular weight is 536 g/mol. The van der Waals surface area contributed by atoms with Crippen LogP contribution in [-0.4, -0.2) is 50.6 Å². The lowest BCUT2D eigenvalue weighted by Crippen LogP contribution is -2.29. The van der Waals surface area contributed by atoms with Crippen LogP contribution in [0.3, 0.4) is 0 Å². The van der Waals surface area contributed by atoms with E-state index < -0.39 is 46.9 Å². The molecule has 3 heterocycles. The number of anilines is 1. The highest BCUT2D eigenvalue weighted by Gasteiger charge is 2.36. The quantitative estimate of drug-likeness (QED) is 0.325. The van der Waals surface area contributed by atoms with Crippen LogP contribution in [0.25, 0.3) is 0 Å². The lowest BCUT2D eigenvalue weighted by atomic mass is 10.1. The Bertz CT molecular complexity index is 1360. The summed E-state index contributed by atoms with van der Waals surface area (Å²) in [6, 6.07) is -0.181. The fourth-order valence-corrected chi connectivity index (χ4v) is 3.85. The van der Waals surface area contributed by atoms with Crippen LogP contribution in [0.5, 0.6) is 0 Å². The molecule has 15 heteroatoms. The Hall–Kier alpha value is -4.27. The number of aromatic nitrogens is 4. The summed E-state index contributed by atoms with van der Waals surface area (Å²) in [5.41, 5.74) is -2.16. The van der Waals surface area contributed by atoms with Gasteiger partial charge < -0.3 is 15.4 Å². The number of esters is 1. The fourth-order valence-electron chi connectivity index (χ4n) is 3.03. The summed E-state index contributed by atoms with van der Waals surface area (Å²) < 4.78 is 44.5. The number of methoxy groups -OCH3 is 1. The zero-order valence-corrected chi connectivity index (χ0v) is 20.4. The number of nitrogens with zero attached hydrogens (tertiary/aromatic N) is 4. The number of pyridine rings is 1. The summed E-state index contributed by atoms with van der Waals surface area (Å²) in [7, 11) is 0.931. The Kier molecular flexibility index (Phi) is 8.27. The number of ether oxygens (including phenoxy) is 1. The molecule has 1 unspecified atom stereocenters. The van der Waals surface area contributed by atoms with Gasteiger partial charge in [-0.1, -0.05) is 6.92 Å². The Morgan fingerprint density at radius 1 is 1.05 bits per heavy atom. The van der Waals surface area contributed by atoms with Gasteiger partial charge in [-0.15, -0.1) is 11.3 Å². The molecule has 0 aliphatic heterocycles. The highest BCUT2D eigenvalue weighted by atomic mass is 32.1. The molecule has 0 aliphatic rings. The van der Waals surface area contributed by atoms with Crippen LogP contribution in [0, 0.1) is 0 Å². The number of nitrogens with one attached hydrogen (secondary N) is 2. The van der Waals surface area contributed by atoms with E-state index in [2.05, 4.69) is 35.3 Å². The molecule has 2 amide bonds. The number of alkyl halides is 3. The van der Waals surface area contributed by atoms with Crippen molar-refractivity contribution in [3.8, 4) is 0 Å². The van der Waals surface area contributed by atoms with Crippen LogP contribution < -0.4 is 10.6 Å². The summed E-state index contributed by atoms with van der Waals surface area (Å²) in [5, 5.41) is 5.17. The fraction of sp³-hybridized carbons (Fsp3) is 0.273. The standard InChI is InChI=1S/C22H19F3N6O5S/c1-4-14(32)12-6-26-9-29-17(12)19(34)30-10(2)20-28-8-15(37-20)18(33)31-16-5-13(22(23,24)25)11(7-27-16)21(35)36-3/h5-10H,4H2,1-3H3,(H,30,34)(H,27,31,33).